The van der Waals surface area contributed by atoms with E-state index in [9.17, 15) is 4.79 Å². The van der Waals surface area contributed by atoms with Gasteiger partial charge in [-0.1, -0.05) is 56.6 Å². The molecule has 1 saturated heterocycles. The normalized spacial score (nSPS) is 15.1. The second-order valence-corrected chi connectivity index (χ2v) is 10.8. The average Bonchev–Trinajstić information content (AvgIpc) is 3.21. The van der Waals surface area contributed by atoms with Gasteiger partial charge < -0.3 is 10.2 Å². The highest BCUT2D eigenvalue weighted by atomic mass is 35.5. The molecule has 2 aromatic heterocycles. The van der Waals surface area contributed by atoms with Crippen LogP contribution in [0.3, 0.4) is 0 Å². The Hall–Kier alpha value is -3.32. The number of anilines is 2. The Balaban J connectivity index is 1.37. The topological polar surface area (TPSA) is 78.3 Å². The maximum absolute atomic E-state index is 12.1. The Bertz CT molecular complexity index is 1410. The monoisotopic (exact) mass is 490 g/mol. The second kappa shape index (κ2) is 9.04. The van der Waals surface area contributed by atoms with Crippen molar-refractivity contribution in [3.05, 3.63) is 75.0 Å². The standard InChI is InChI=1S/C27H31ClN6O/c1-17-15-21(9-10-22(17)28)33-13-11-20(12-14-33)29-26-31-25(30-23-16-24(35)32-34(23)26)18-5-7-19(8-6-18)27(2,3)4/h5-10,15-16,20H,11-14H2,1-4H3,(H,32,35)(H,29,30,31). The summed E-state index contributed by atoms with van der Waals surface area (Å²) >= 11 is 6.20. The number of aromatic nitrogens is 4. The van der Waals surface area contributed by atoms with Gasteiger partial charge in [0.1, 0.15) is 0 Å². The first kappa shape index (κ1) is 23.4. The summed E-state index contributed by atoms with van der Waals surface area (Å²) in [6.45, 7) is 10.5. The number of halogens is 1. The maximum atomic E-state index is 12.1. The molecule has 182 valence electrons. The van der Waals surface area contributed by atoms with Gasteiger partial charge in [0, 0.05) is 41.5 Å². The maximum Gasteiger partial charge on any atom is 0.266 e. The molecule has 7 nitrogen and oxygen atoms in total. The molecule has 0 unspecified atom stereocenters. The molecule has 1 aliphatic heterocycles. The van der Waals surface area contributed by atoms with Crippen LogP contribution >= 0.6 is 11.6 Å². The third kappa shape index (κ3) is 4.91. The number of H-pyrrole nitrogens is 1. The zero-order chi connectivity index (χ0) is 24.7. The van der Waals surface area contributed by atoms with Crippen molar-refractivity contribution in [1.82, 2.24) is 19.6 Å². The molecule has 0 saturated carbocycles. The Labute approximate surface area is 210 Å². The Morgan fingerprint density at radius 3 is 2.40 bits per heavy atom. The number of hydrogen-bond donors (Lipinski definition) is 2. The lowest BCUT2D eigenvalue weighted by Crippen LogP contribution is -2.39. The number of benzene rings is 2. The number of nitrogens with zero attached hydrogens (tertiary/aromatic N) is 4. The highest BCUT2D eigenvalue weighted by Crippen LogP contribution is 2.28. The first-order chi connectivity index (χ1) is 16.7. The van der Waals surface area contributed by atoms with E-state index in [2.05, 4.69) is 65.3 Å². The molecule has 1 aliphatic rings. The molecule has 35 heavy (non-hydrogen) atoms. The number of piperidine rings is 1. The van der Waals surface area contributed by atoms with E-state index >= 15 is 0 Å². The second-order valence-electron chi connectivity index (χ2n) is 10.4. The van der Waals surface area contributed by atoms with Gasteiger partial charge in [0.15, 0.2) is 11.5 Å². The predicted octanol–water partition coefficient (Wildman–Crippen LogP) is 5.42. The first-order valence-electron chi connectivity index (χ1n) is 12.1. The van der Waals surface area contributed by atoms with Crippen LogP contribution in [-0.2, 0) is 5.41 Å². The van der Waals surface area contributed by atoms with Gasteiger partial charge in [-0.2, -0.15) is 4.98 Å². The number of nitrogens with one attached hydrogen (secondary N) is 2. The zero-order valence-corrected chi connectivity index (χ0v) is 21.4. The van der Waals surface area contributed by atoms with Crippen LogP contribution in [0.25, 0.3) is 17.0 Å². The molecule has 1 fully saturated rings. The summed E-state index contributed by atoms with van der Waals surface area (Å²) in [5.74, 6) is 1.20. The van der Waals surface area contributed by atoms with E-state index in [0.29, 0.717) is 17.4 Å². The Morgan fingerprint density at radius 1 is 1.03 bits per heavy atom. The minimum atomic E-state index is -0.199. The van der Waals surface area contributed by atoms with Crippen LogP contribution in [0.4, 0.5) is 11.6 Å². The summed E-state index contributed by atoms with van der Waals surface area (Å²) in [6.07, 6.45) is 1.91. The summed E-state index contributed by atoms with van der Waals surface area (Å²) in [7, 11) is 0. The van der Waals surface area contributed by atoms with Gasteiger partial charge in [-0.25, -0.2) is 9.50 Å². The van der Waals surface area contributed by atoms with Crippen LogP contribution in [0.5, 0.6) is 0 Å². The average molecular weight is 491 g/mol. The highest BCUT2D eigenvalue weighted by molar-refractivity contribution is 6.31. The fraction of sp³-hybridized carbons (Fsp3) is 0.370. The largest absolute Gasteiger partial charge is 0.371 e. The van der Waals surface area contributed by atoms with Crippen molar-refractivity contribution in [2.75, 3.05) is 23.3 Å². The predicted molar refractivity (Wildman–Crippen MR) is 143 cm³/mol. The molecule has 5 rings (SSSR count). The van der Waals surface area contributed by atoms with Crippen LogP contribution in [0.2, 0.25) is 5.02 Å². The summed E-state index contributed by atoms with van der Waals surface area (Å²) < 4.78 is 1.64. The molecule has 0 bridgehead atoms. The summed E-state index contributed by atoms with van der Waals surface area (Å²) in [6, 6.07) is 16.3. The van der Waals surface area contributed by atoms with Crippen LogP contribution < -0.4 is 15.8 Å². The molecule has 8 heteroatoms. The zero-order valence-electron chi connectivity index (χ0n) is 20.6. The van der Waals surface area contributed by atoms with Gasteiger partial charge in [-0.05, 0) is 54.5 Å². The van der Waals surface area contributed by atoms with E-state index in [0.717, 1.165) is 42.1 Å². The molecule has 0 radical (unpaired) electrons. The quantitative estimate of drug-likeness (QED) is 0.399. The smallest absolute Gasteiger partial charge is 0.266 e. The molecule has 0 amide bonds. The van der Waals surface area contributed by atoms with E-state index in [1.54, 1.807) is 4.52 Å². The number of aryl methyl sites for hydroxylation is 1. The van der Waals surface area contributed by atoms with E-state index < -0.39 is 0 Å². The first-order valence-corrected chi connectivity index (χ1v) is 12.4. The fourth-order valence-corrected chi connectivity index (χ4v) is 4.66. The van der Waals surface area contributed by atoms with Gasteiger partial charge in [0.05, 0.1) is 0 Å². The van der Waals surface area contributed by atoms with Crippen LogP contribution in [0.15, 0.2) is 53.3 Å². The highest BCUT2D eigenvalue weighted by Gasteiger charge is 2.22. The van der Waals surface area contributed by atoms with Gasteiger partial charge in [-0.3, -0.25) is 9.89 Å². The molecule has 0 aliphatic carbocycles. The molecular formula is C27H31ClN6O. The third-order valence-corrected chi connectivity index (χ3v) is 7.12. The van der Waals surface area contributed by atoms with E-state index in [1.165, 1.54) is 17.3 Å². The molecule has 2 aromatic carbocycles. The van der Waals surface area contributed by atoms with E-state index in [-0.39, 0.29) is 17.0 Å². The van der Waals surface area contributed by atoms with Crippen molar-refractivity contribution >= 4 is 28.9 Å². The van der Waals surface area contributed by atoms with Crippen molar-refractivity contribution in [3.8, 4) is 11.4 Å². The summed E-state index contributed by atoms with van der Waals surface area (Å²) in [4.78, 5) is 23.9. The summed E-state index contributed by atoms with van der Waals surface area (Å²) in [5.41, 5.74) is 4.89. The van der Waals surface area contributed by atoms with Crippen molar-refractivity contribution < 1.29 is 0 Å². The SMILES string of the molecule is Cc1cc(N2CCC(Nc3nc(-c4ccc(C(C)(C)C)cc4)nc4cc(=O)[nH]n34)CC2)ccc1Cl. The van der Waals surface area contributed by atoms with Crippen molar-refractivity contribution in [1.29, 1.82) is 0 Å². The lowest BCUT2D eigenvalue weighted by molar-refractivity contribution is 0.522. The van der Waals surface area contributed by atoms with Gasteiger partial charge in [0.25, 0.3) is 5.56 Å². The van der Waals surface area contributed by atoms with Crippen molar-refractivity contribution in [2.24, 2.45) is 0 Å². The molecule has 0 atom stereocenters. The number of fused-ring (bicyclic) bond motifs is 1. The fourth-order valence-electron chi connectivity index (χ4n) is 4.54. The van der Waals surface area contributed by atoms with Gasteiger partial charge in [0.2, 0.25) is 5.95 Å². The molecule has 3 heterocycles. The minimum absolute atomic E-state index is 0.0730. The number of aromatic amines is 1. The van der Waals surface area contributed by atoms with Gasteiger partial charge >= 0.3 is 0 Å². The lowest BCUT2D eigenvalue weighted by atomic mass is 9.87. The minimum Gasteiger partial charge on any atom is -0.371 e. The number of hydrogen-bond acceptors (Lipinski definition) is 5. The van der Waals surface area contributed by atoms with E-state index in [1.807, 2.05) is 25.1 Å². The van der Waals surface area contributed by atoms with Crippen LogP contribution in [-0.4, -0.2) is 38.7 Å². The van der Waals surface area contributed by atoms with Gasteiger partial charge in [-0.15, -0.1) is 0 Å². The van der Waals surface area contributed by atoms with Crippen molar-refractivity contribution in [3.63, 3.8) is 0 Å². The Morgan fingerprint density at radius 2 is 1.74 bits per heavy atom. The number of rotatable bonds is 4. The third-order valence-electron chi connectivity index (χ3n) is 6.70. The Kier molecular flexibility index (Phi) is 6.05. The molecular weight excluding hydrogens is 460 g/mol. The van der Waals surface area contributed by atoms with Crippen LogP contribution in [0.1, 0.15) is 44.7 Å². The molecule has 0 spiro atoms. The molecule has 2 N–H and O–H groups in total. The lowest BCUT2D eigenvalue weighted by Gasteiger charge is -2.34. The van der Waals surface area contributed by atoms with Crippen molar-refractivity contribution in [2.45, 2.75) is 52.0 Å². The molecule has 4 aromatic rings. The van der Waals surface area contributed by atoms with Crippen LogP contribution in [0, 0.1) is 6.92 Å². The summed E-state index contributed by atoms with van der Waals surface area (Å²) in [5, 5.41) is 7.18. The van der Waals surface area contributed by atoms with E-state index in [4.69, 9.17) is 16.6 Å².